The van der Waals surface area contributed by atoms with Crippen molar-refractivity contribution in [1.29, 1.82) is 0 Å². The zero-order chi connectivity index (χ0) is 32.7. The fraction of sp³-hybridized carbons (Fsp3) is 0.459. The summed E-state index contributed by atoms with van der Waals surface area (Å²) in [4.78, 5) is 24.1. The number of carbonyl (C=O) groups is 1. The minimum Gasteiger partial charge on any atom is -0.511 e. The lowest BCUT2D eigenvalue weighted by Gasteiger charge is -2.07. The van der Waals surface area contributed by atoms with Gasteiger partial charge >= 0.3 is 0 Å². The van der Waals surface area contributed by atoms with Crippen molar-refractivity contribution in [2.75, 3.05) is 7.11 Å². The van der Waals surface area contributed by atoms with Crippen LogP contribution in [0.5, 0.6) is 0 Å². The van der Waals surface area contributed by atoms with Gasteiger partial charge in [-0.1, -0.05) is 54.9 Å². The lowest BCUT2D eigenvalue weighted by Crippen LogP contribution is -2.11. The minimum atomic E-state index is 0.350. The Morgan fingerprint density at radius 3 is 1.95 bits per heavy atom. The van der Waals surface area contributed by atoms with E-state index in [1.54, 1.807) is 0 Å². The number of hydrogen-bond acceptors (Lipinski definition) is 7. The van der Waals surface area contributed by atoms with E-state index in [9.17, 15) is 5.11 Å². The average molecular weight is 599 g/mol. The van der Waals surface area contributed by atoms with Crippen LogP contribution in [0.3, 0.4) is 0 Å². The van der Waals surface area contributed by atoms with Gasteiger partial charge in [0.2, 0.25) is 0 Å². The Bertz CT molecular complexity index is 1550. The molecule has 236 valence electrons. The van der Waals surface area contributed by atoms with E-state index in [4.69, 9.17) is 19.8 Å². The normalized spacial score (nSPS) is 21.2. The Hall–Kier alpha value is -4.00. The summed E-state index contributed by atoms with van der Waals surface area (Å²) in [6, 6.07) is 0. The van der Waals surface area contributed by atoms with Gasteiger partial charge in [0, 0.05) is 34.9 Å². The SMILES string of the molecule is CC.CCC.CCC1=C(C)C2=NC1=CC1=C(C)C3=C(O)CC(=C4CC(C)C(=CC5=NC(=C2)C(CC)=C5C)N4)C3=N1.COC=O. The lowest BCUT2D eigenvalue weighted by molar-refractivity contribution is -0.126. The Morgan fingerprint density at radius 2 is 1.43 bits per heavy atom. The van der Waals surface area contributed by atoms with E-state index in [0.29, 0.717) is 24.6 Å². The van der Waals surface area contributed by atoms with E-state index in [1.165, 1.54) is 41.5 Å². The van der Waals surface area contributed by atoms with Crippen LogP contribution in [0.1, 0.15) is 101 Å². The largest absolute Gasteiger partial charge is 0.511 e. The highest BCUT2D eigenvalue weighted by Crippen LogP contribution is 2.43. The molecule has 0 spiro atoms. The first-order valence-corrected chi connectivity index (χ1v) is 16.0. The van der Waals surface area contributed by atoms with E-state index in [-0.39, 0.29) is 0 Å². The molecule has 44 heavy (non-hydrogen) atoms. The predicted molar refractivity (Wildman–Crippen MR) is 184 cm³/mol. The zero-order valence-corrected chi connectivity index (χ0v) is 28.5. The van der Waals surface area contributed by atoms with E-state index >= 15 is 0 Å². The van der Waals surface area contributed by atoms with Crippen LogP contribution in [-0.2, 0) is 9.53 Å². The van der Waals surface area contributed by atoms with Crippen molar-refractivity contribution in [2.45, 2.75) is 101 Å². The first-order valence-electron chi connectivity index (χ1n) is 16.0. The van der Waals surface area contributed by atoms with Crippen molar-refractivity contribution in [2.24, 2.45) is 20.9 Å². The highest BCUT2D eigenvalue weighted by atomic mass is 16.5. The van der Waals surface area contributed by atoms with E-state index in [0.717, 1.165) is 75.9 Å². The molecule has 5 heterocycles. The maximum absolute atomic E-state index is 10.9. The van der Waals surface area contributed by atoms with Crippen LogP contribution < -0.4 is 5.32 Å². The molecule has 0 saturated carbocycles. The summed E-state index contributed by atoms with van der Waals surface area (Å²) in [5.41, 5.74) is 16.2. The summed E-state index contributed by atoms with van der Waals surface area (Å²) in [5.74, 6) is 0.769. The standard InChI is InChI=1S/C30H32N4O.C3H8.C2H4O2.C2H6/c1-7-18-15(4)22-11-21-14(3)9-25(31-21)20-10-28(35)29-17(6)24(34-30(20)29)13-27-19(8-2)16(5)23(33-27)12-26(18)32-22;1-3-2;1-4-2-3;1-2/h11-14,31,35H,7-10H2,1-6H3;3H2,1-2H3;2H,1H3;1-2H3. The molecule has 0 radical (unpaired) electrons. The number of nitrogens with one attached hydrogen (secondary N) is 1. The number of allylic oxidation sites excluding steroid dienone is 12. The summed E-state index contributed by atoms with van der Waals surface area (Å²) >= 11 is 0. The Kier molecular flexibility index (Phi) is 11.9. The number of hydrogen-bond donors (Lipinski definition) is 2. The molecule has 0 aromatic heterocycles. The fourth-order valence-corrected chi connectivity index (χ4v) is 6.08. The second-order valence-electron chi connectivity index (χ2n) is 11.3. The molecular weight excluding hydrogens is 548 g/mol. The Balaban J connectivity index is 0.000000528. The van der Waals surface area contributed by atoms with E-state index in [2.05, 4.69) is 83.7 Å². The average Bonchev–Trinajstić information content (AvgIpc) is 3.78. The van der Waals surface area contributed by atoms with Gasteiger partial charge in [-0.3, -0.25) is 4.79 Å². The van der Waals surface area contributed by atoms with Gasteiger partial charge in [-0.15, -0.1) is 0 Å². The van der Waals surface area contributed by atoms with Gasteiger partial charge < -0.3 is 15.2 Å². The number of aliphatic hydroxyl groups excluding tert-OH is 1. The third-order valence-electron chi connectivity index (χ3n) is 8.26. The van der Waals surface area contributed by atoms with Crippen LogP contribution in [0.15, 0.2) is 106 Å². The third kappa shape index (κ3) is 6.57. The molecule has 0 aromatic rings. The molecule has 1 saturated heterocycles. The molecular formula is C37H50N4O3. The van der Waals surface area contributed by atoms with Crippen LogP contribution in [0.4, 0.5) is 0 Å². The van der Waals surface area contributed by atoms with Crippen molar-refractivity contribution in [3.63, 3.8) is 0 Å². The number of rotatable bonds is 3. The molecule has 7 heteroatoms. The van der Waals surface area contributed by atoms with Crippen molar-refractivity contribution < 1.29 is 14.6 Å². The van der Waals surface area contributed by atoms with Gasteiger partial charge in [-0.2, -0.15) is 0 Å². The quantitative estimate of drug-likeness (QED) is 0.317. The second-order valence-corrected chi connectivity index (χ2v) is 11.3. The molecule has 6 aliphatic rings. The molecule has 1 atom stereocenters. The van der Waals surface area contributed by atoms with Crippen LogP contribution in [0, 0.1) is 5.92 Å². The summed E-state index contributed by atoms with van der Waals surface area (Å²) in [7, 11) is 1.31. The molecule has 0 amide bonds. The molecule has 1 fully saturated rings. The molecule has 5 aliphatic heterocycles. The van der Waals surface area contributed by atoms with Crippen LogP contribution in [-0.4, -0.2) is 35.8 Å². The number of fused-ring (bicyclic) bond motifs is 5. The molecule has 6 rings (SSSR count). The second kappa shape index (κ2) is 15.1. The summed E-state index contributed by atoms with van der Waals surface area (Å²) < 4.78 is 3.86. The van der Waals surface area contributed by atoms with Gasteiger partial charge in [0.15, 0.2) is 0 Å². The van der Waals surface area contributed by atoms with Crippen LogP contribution >= 0.6 is 0 Å². The fourth-order valence-electron chi connectivity index (χ4n) is 6.08. The smallest absolute Gasteiger partial charge is 0.292 e. The number of nitrogens with zero attached hydrogens (tertiary/aromatic N) is 3. The van der Waals surface area contributed by atoms with Crippen LogP contribution in [0.2, 0.25) is 0 Å². The number of aliphatic hydroxyl groups is 1. The predicted octanol–water partition coefficient (Wildman–Crippen LogP) is 9.07. The first kappa shape index (κ1) is 34.5. The zero-order valence-electron chi connectivity index (χ0n) is 28.5. The molecule has 7 nitrogen and oxygen atoms in total. The Morgan fingerprint density at radius 1 is 0.909 bits per heavy atom. The molecule has 2 N–H and O–H groups in total. The van der Waals surface area contributed by atoms with Crippen molar-refractivity contribution >= 4 is 23.6 Å². The summed E-state index contributed by atoms with van der Waals surface area (Å²) in [5, 5.41) is 14.6. The molecule has 1 aliphatic carbocycles. The van der Waals surface area contributed by atoms with E-state index in [1.807, 2.05) is 13.8 Å². The number of carbonyl (C=O) groups excluding carboxylic acids is 1. The monoisotopic (exact) mass is 598 g/mol. The van der Waals surface area contributed by atoms with Crippen molar-refractivity contribution in [3.8, 4) is 0 Å². The molecule has 0 aromatic carbocycles. The summed E-state index contributed by atoms with van der Waals surface area (Å²) in [6.45, 7) is 21.6. The van der Waals surface area contributed by atoms with E-state index < -0.39 is 0 Å². The van der Waals surface area contributed by atoms with Crippen molar-refractivity contribution in [3.05, 3.63) is 91.5 Å². The highest BCUT2D eigenvalue weighted by molar-refractivity contribution is 6.21. The third-order valence-corrected chi connectivity index (χ3v) is 8.26. The minimum absolute atomic E-state index is 0.350. The maximum Gasteiger partial charge on any atom is 0.292 e. The van der Waals surface area contributed by atoms with Gasteiger partial charge in [-0.25, -0.2) is 15.0 Å². The van der Waals surface area contributed by atoms with Gasteiger partial charge in [-0.05, 0) is 86.1 Å². The number of ether oxygens (including phenoxy) is 1. The highest BCUT2D eigenvalue weighted by Gasteiger charge is 2.37. The Labute approximate surface area is 264 Å². The van der Waals surface area contributed by atoms with Gasteiger partial charge in [0.25, 0.3) is 6.47 Å². The van der Waals surface area contributed by atoms with Crippen LogP contribution in [0.25, 0.3) is 0 Å². The number of aliphatic imine (C=N–C) groups is 3. The van der Waals surface area contributed by atoms with Gasteiger partial charge in [0.1, 0.15) is 5.76 Å². The summed E-state index contributed by atoms with van der Waals surface area (Å²) in [6.07, 6.45) is 11.0. The number of methoxy groups -OCH3 is 1. The maximum atomic E-state index is 10.9. The topological polar surface area (TPSA) is 95.6 Å². The van der Waals surface area contributed by atoms with Gasteiger partial charge in [0.05, 0.1) is 41.3 Å². The first-order chi connectivity index (χ1) is 21.1. The lowest BCUT2D eigenvalue weighted by atomic mass is 9.98. The molecule has 1 unspecified atom stereocenters. The molecule has 8 bridgehead atoms. The van der Waals surface area contributed by atoms with Crippen molar-refractivity contribution in [1.82, 2.24) is 5.32 Å².